The van der Waals surface area contributed by atoms with Gasteiger partial charge in [0.2, 0.25) is 0 Å². The zero-order valence-corrected chi connectivity index (χ0v) is 34.1. The van der Waals surface area contributed by atoms with E-state index in [4.69, 9.17) is 8.83 Å². The molecule has 0 aliphatic heterocycles. The smallest absolute Gasteiger partial charge is 0.143 e. The van der Waals surface area contributed by atoms with Gasteiger partial charge in [0, 0.05) is 49.0 Å². The molecule has 3 heteroatoms. The van der Waals surface area contributed by atoms with Gasteiger partial charge in [0.1, 0.15) is 22.3 Å². The van der Waals surface area contributed by atoms with Gasteiger partial charge in [-0.05, 0) is 87.5 Å². The summed E-state index contributed by atoms with van der Waals surface area (Å²) < 4.78 is 15.8. The predicted octanol–water partition coefficient (Wildman–Crippen LogP) is 16.9. The van der Waals surface area contributed by atoms with Gasteiger partial charge in [-0.3, -0.25) is 0 Å². The van der Waals surface area contributed by atoms with E-state index in [-0.39, 0.29) is 0 Å². The predicted molar refractivity (Wildman–Crippen MR) is 263 cm³/mol. The first kappa shape index (κ1) is 35.4. The number of benzene rings is 10. The van der Waals surface area contributed by atoms with Gasteiger partial charge in [-0.15, -0.1) is 0 Å². The molecule has 0 radical (unpaired) electrons. The second-order valence-electron chi connectivity index (χ2n) is 16.3. The lowest BCUT2D eigenvalue weighted by Crippen LogP contribution is -1.97. The molecule has 0 atom stereocenters. The maximum Gasteiger partial charge on any atom is 0.143 e. The van der Waals surface area contributed by atoms with Crippen LogP contribution in [0, 0.1) is 0 Å². The van der Waals surface area contributed by atoms with Crippen LogP contribution >= 0.6 is 0 Å². The molecule has 0 N–H and O–H groups in total. The Labute approximate surface area is 363 Å². The van der Waals surface area contributed by atoms with Gasteiger partial charge in [-0.1, -0.05) is 176 Å². The summed E-state index contributed by atoms with van der Waals surface area (Å²) in [6, 6.07) is 80.4. The molecule has 3 aromatic heterocycles. The maximum absolute atomic E-state index is 6.73. The van der Waals surface area contributed by atoms with Gasteiger partial charge in [0.15, 0.2) is 0 Å². The maximum atomic E-state index is 6.73. The molecule has 3 heterocycles. The Balaban J connectivity index is 1.09. The molecule has 294 valence electrons. The number of fused-ring (bicyclic) bond motifs is 9. The highest BCUT2D eigenvalue weighted by molar-refractivity contribution is 6.16. The number of rotatable bonds is 6. The summed E-state index contributed by atoms with van der Waals surface area (Å²) in [5.41, 5.74) is 18.3. The quantitative estimate of drug-likeness (QED) is 0.168. The molecule has 13 rings (SSSR count). The second-order valence-corrected chi connectivity index (χ2v) is 16.3. The molecule has 0 saturated carbocycles. The Hall–Kier alpha value is -8.40. The van der Waals surface area contributed by atoms with E-state index in [1.54, 1.807) is 0 Å². The summed E-state index contributed by atoms with van der Waals surface area (Å²) in [4.78, 5) is 0. The average Bonchev–Trinajstić information content (AvgIpc) is 4.03. The van der Waals surface area contributed by atoms with Crippen LogP contribution in [0.1, 0.15) is 0 Å². The lowest BCUT2D eigenvalue weighted by molar-refractivity contribution is 0.669. The van der Waals surface area contributed by atoms with Crippen molar-refractivity contribution in [2.45, 2.75) is 0 Å². The van der Waals surface area contributed by atoms with Crippen molar-refractivity contribution in [2.24, 2.45) is 0 Å². The zero-order chi connectivity index (χ0) is 41.4. The van der Waals surface area contributed by atoms with Crippen LogP contribution in [-0.2, 0) is 0 Å². The standard InChI is InChI=1S/C60H37NO2/c1-3-16-38(17-4-1)42-20-7-8-21-43(42)40-30-34-54-51(36-40)52-37-41(44-32-33-50-47-24-11-14-29-57(47)63-60(50)58(44)39-18-5-2-6-19-39)31-35-55(52)61(54)53-27-12-9-22-45(53)48-25-15-26-49-46-23-10-13-28-56(46)62-59(48)49/h1-37H. The number of furan rings is 2. The van der Waals surface area contributed by atoms with Gasteiger partial charge in [-0.25, -0.2) is 0 Å². The van der Waals surface area contributed by atoms with Crippen molar-refractivity contribution < 1.29 is 8.83 Å². The first-order valence-electron chi connectivity index (χ1n) is 21.5. The molecule has 3 nitrogen and oxygen atoms in total. The van der Waals surface area contributed by atoms with E-state index in [1.807, 2.05) is 12.1 Å². The highest BCUT2D eigenvalue weighted by atomic mass is 16.3. The highest BCUT2D eigenvalue weighted by Gasteiger charge is 2.22. The van der Waals surface area contributed by atoms with Crippen LogP contribution in [0.3, 0.4) is 0 Å². The van der Waals surface area contributed by atoms with Crippen molar-refractivity contribution in [3.05, 3.63) is 224 Å². The molecular formula is C60H37NO2. The van der Waals surface area contributed by atoms with Gasteiger partial charge in [0.25, 0.3) is 0 Å². The number of aromatic nitrogens is 1. The lowest BCUT2D eigenvalue weighted by Gasteiger charge is -2.15. The van der Waals surface area contributed by atoms with Crippen LogP contribution in [-0.4, -0.2) is 4.57 Å². The third-order valence-electron chi connectivity index (χ3n) is 12.8. The van der Waals surface area contributed by atoms with E-state index in [0.29, 0.717) is 0 Å². The van der Waals surface area contributed by atoms with Gasteiger partial charge in [0.05, 0.1) is 16.7 Å². The van der Waals surface area contributed by atoms with Crippen LogP contribution in [0.4, 0.5) is 0 Å². The molecule has 0 fully saturated rings. The largest absolute Gasteiger partial charge is 0.455 e. The van der Waals surface area contributed by atoms with E-state index in [9.17, 15) is 0 Å². The van der Waals surface area contributed by atoms with Gasteiger partial charge >= 0.3 is 0 Å². The van der Waals surface area contributed by atoms with E-state index in [2.05, 4.69) is 217 Å². The molecule has 13 aromatic rings. The van der Waals surface area contributed by atoms with Crippen LogP contribution < -0.4 is 0 Å². The molecule has 0 aliphatic rings. The Bertz CT molecular complexity index is 3900. The summed E-state index contributed by atoms with van der Waals surface area (Å²) in [7, 11) is 0. The number of nitrogens with zero attached hydrogens (tertiary/aromatic N) is 1. The minimum atomic E-state index is 0.890. The van der Waals surface area contributed by atoms with Crippen molar-refractivity contribution in [2.75, 3.05) is 0 Å². The van der Waals surface area contributed by atoms with E-state index in [1.165, 1.54) is 33.0 Å². The first-order chi connectivity index (χ1) is 31.3. The molecule has 10 aromatic carbocycles. The minimum Gasteiger partial charge on any atom is -0.455 e. The van der Waals surface area contributed by atoms with Crippen LogP contribution in [0.2, 0.25) is 0 Å². The van der Waals surface area contributed by atoms with E-state index >= 15 is 0 Å². The fourth-order valence-corrected chi connectivity index (χ4v) is 10.00. The summed E-state index contributed by atoms with van der Waals surface area (Å²) in [5.74, 6) is 0. The number of hydrogen-bond donors (Lipinski definition) is 0. The van der Waals surface area contributed by atoms with Gasteiger partial charge < -0.3 is 13.4 Å². The van der Waals surface area contributed by atoms with Crippen molar-refractivity contribution in [1.29, 1.82) is 0 Å². The SMILES string of the molecule is c1ccc(-c2ccccc2-c2ccc3c(c2)c2cc(-c4ccc5c(oc6ccccc65)c4-c4ccccc4)ccc2n3-c2ccccc2-c2cccc3c2oc2ccccc23)cc1. The fourth-order valence-electron chi connectivity index (χ4n) is 10.00. The first-order valence-corrected chi connectivity index (χ1v) is 21.5. The van der Waals surface area contributed by atoms with Gasteiger partial charge in [-0.2, -0.15) is 0 Å². The van der Waals surface area contributed by atoms with Crippen molar-refractivity contribution >= 4 is 65.7 Å². The summed E-state index contributed by atoms with van der Waals surface area (Å²) in [6.45, 7) is 0. The average molecular weight is 804 g/mol. The van der Waals surface area contributed by atoms with Crippen LogP contribution in [0.25, 0.3) is 127 Å². The Kier molecular flexibility index (Phi) is 7.91. The molecular weight excluding hydrogens is 767 g/mol. The Morgan fingerprint density at radius 1 is 0.270 bits per heavy atom. The van der Waals surface area contributed by atoms with Crippen LogP contribution in [0.5, 0.6) is 0 Å². The number of para-hydroxylation sites is 4. The van der Waals surface area contributed by atoms with E-state index in [0.717, 1.165) is 94.0 Å². The van der Waals surface area contributed by atoms with Crippen molar-refractivity contribution in [3.8, 4) is 61.3 Å². The minimum absolute atomic E-state index is 0.890. The molecule has 0 aliphatic carbocycles. The Morgan fingerprint density at radius 2 is 0.762 bits per heavy atom. The molecule has 63 heavy (non-hydrogen) atoms. The van der Waals surface area contributed by atoms with Crippen molar-refractivity contribution in [3.63, 3.8) is 0 Å². The summed E-state index contributed by atoms with van der Waals surface area (Å²) in [5, 5.41) is 6.81. The monoisotopic (exact) mass is 803 g/mol. The molecule has 0 saturated heterocycles. The normalized spacial score (nSPS) is 11.8. The van der Waals surface area contributed by atoms with Crippen molar-refractivity contribution in [1.82, 2.24) is 4.57 Å². The Morgan fingerprint density at radius 3 is 1.44 bits per heavy atom. The fraction of sp³-hybridized carbons (Fsp3) is 0. The zero-order valence-electron chi connectivity index (χ0n) is 34.1. The molecule has 0 spiro atoms. The molecule has 0 amide bonds. The summed E-state index contributed by atoms with van der Waals surface area (Å²) >= 11 is 0. The van der Waals surface area contributed by atoms with Crippen LogP contribution in [0.15, 0.2) is 233 Å². The lowest BCUT2D eigenvalue weighted by atomic mass is 9.91. The van der Waals surface area contributed by atoms with E-state index < -0.39 is 0 Å². The summed E-state index contributed by atoms with van der Waals surface area (Å²) in [6.07, 6.45) is 0. The second kappa shape index (κ2) is 14.1. The number of hydrogen-bond acceptors (Lipinski definition) is 2. The third kappa shape index (κ3) is 5.53. The third-order valence-corrected chi connectivity index (χ3v) is 12.8. The topological polar surface area (TPSA) is 31.2 Å². The highest BCUT2D eigenvalue weighted by Crippen LogP contribution is 2.46. The molecule has 0 bridgehead atoms. The molecule has 0 unspecified atom stereocenters.